The SMILES string of the molecule is C=CCC(CC)Nc1ccc(OC)cc1. The van der Waals surface area contributed by atoms with Gasteiger partial charge in [0.25, 0.3) is 0 Å². The quantitative estimate of drug-likeness (QED) is 0.718. The van der Waals surface area contributed by atoms with E-state index < -0.39 is 0 Å². The summed E-state index contributed by atoms with van der Waals surface area (Å²) in [6.07, 6.45) is 4.03. The zero-order valence-corrected chi connectivity index (χ0v) is 9.49. The molecule has 0 spiro atoms. The van der Waals surface area contributed by atoms with Gasteiger partial charge in [-0.2, -0.15) is 0 Å². The molecule has 0 saturated carbocycles. The summed E-state index contributed by atoms with van der Waals surface area (Å²) in [6, 6.07) is 8.46. The molecule has 2 heteroatoms. The first-order chi connectivity index (χ1) is 7.30. The maximum atomic E-state index is 5.10. The van der Waals surface area contributed by atoms with Gasteiger partial charge in [0.05, 0.1) is 7.11 Å². The van der Waals surface area contributed by atoms with Gasteiger partial charge in [-0.25, -0.2) is 0 Å². The van der Waals surface area contributed by atoms with Crippen molar-refractivity contribution >= 4 is 5.69 Å². The lowest BCUT2D eigenvalue weighted by atomic mass is 10.1. The summed E-state index contributed by atoms with van der Waals surface area (Å²) < 4.78 is 5.10. The normalized spacial score (nSPS) is 11.9. The van der Waals surface area contributed by atoms with Gasteiger partial charge in [-0.3, -0.25) is 0 Å². The number of anilines is 1. The highest BCUT2D eigenvalue weighted by molar-refractivity contribution is 5.47. The minimum Gasteiger partial charge on any atom is -0.497 e. The van der Waals surface area contributed by atoms with Crippen LogP contribution in [0.3, 0.4) is 0 Å². The lowest BCUT2D eigenvalue weighted by molar-refractivity contribution is 0.415. The highest BCUT2D eigenvalue weighted by Gasteiger charge is 2.03. The van der Waals surface area contributed by atoms with E-state index in [4.69, 9.17) is 4.74 Å². The molecule has 1 unspecified atom stereocenters. The lowest BCUT2D eigenvalue weighted by Crippen LogP contribution is -2.17. The molecule has 15 heavy (non-hydrogen) atoms. The second kappa shape index (κ2) is 6.12. The molecule has 0 aliphatic heterocycles. The average molecular weight is 205 g/mol. The van der Waals surface area contributed by atoms with Gasteiger partial charge < -0.3 is 10.1 Å². The highest BCUT2D eigenvalue weighted by atomic mass is 16.5. The predicted octanol–water partition coefficient (Wildman–Crippen LogP) is 3.46. The van der Waals surface area contributed by atoms with E-state index in [0.29, 0.717) is 6.04 Å². The van der Waals surface area contributed by atoms with Gasteiger partial charge in [0.15, 0.2) is 0 Å². The lowest BCUT2D eigenvalue weighted by Gasteiger charge is -2.16. The fourth-order valence-electron chi connectivity index (χ4n) is 1.45. The Balaban J connectivity index is 2.58. The summed E-state index contributed by atoms with van der Waals surface area (Å²) in [7, 11) is 1.68. The number of nitrogens with one attached hydrogen (secondary N) is 1. The zero-order valence-electron chi connectivity index (χ0n) is 9.49. The van der Waals surface area contributed by atoms with Gasteiger partial charge in [-0.15, -0.1) is 6.58 Å². The van der Waals surface area contributed by atoms with Gasteiger partial charge >= 0.3 is 0 Å². The number of hydrogen-bond acceptors (Lipinski definition) is 2. The Morgan fingerprint density at radius 1 is 1.40 bits per heavy atom. The van der Waals surface area contributed by atoms with Crippen molar-refractivity contribution in [3.05, 3.63) is 36.9 Å². The monoisotopic (exact) mass is 205 g/mol. The summed E-state index contributed by atoms with van der Waals surface area (Å²) in [5.74, 6) is 0.886. The summed E-state index contributed by atoms with van der Waals surface area (Å²) in [5.41, 5.74) is 1.13. The Bertz CT molecular complexity index is 292. The number of methoxy groups -OCH3 is 1. The molecule has 0 fully saturated rings. The van der Waals surface area contributed by atoms with Crippen LogP contribution in [0.1, 0.15) is 19.8 Å². The van der Waals surface area contributed by atoms with E-state index in [0.717, 1.165) is 24.3 Å². The Morgan fingerprint density at radius 2 is 2.07 bits per heavy atom. The predicted molar refractivity (Wildman–Crippen MR) is 65.5 cm³/mol. The molecule has 0 radical (unpaired) electrons. The topological polar surface area (TPSA) is 21.3 Å². The molecular formula is C13H19NO. The van der Waals surface area contributed by atoms with Crippen LogP contribution < -0.4 is 10.1 Å². The van der Waals surface area contributed by atoms with Crippen molar-refractivity contribution < 1.29 is 4.74 Å². The van der Waals surface area contributed by atoms with E-state index in [9.17, 15) is 0 Å². The molecule has 0 bridgehead atoms. The fourth-order valence-corrected chi connectivity index (χ4v) is 1.45. The Kier molecular flexibility index (Phi) is 4.75. The Hall–Kier alpha value is -1.44. The van der Waals surface area contributed by atoms with Crippen LogP contribution in [0, 0.1) is 0 Å². The van der Waals surface area contributed by atoms with Crippen LogP contribution in [0.25, 0.3) is 0 Å². The molecule has 2 nitrogen and oxygen atoms in total. The summed E-state index contributed by atoms with van der Waals surface area (Å²) >= 11 is 0. The second-order valence-electron chi connectivity index (χ2n) is 3.50. The molecular weight excluding hydrogens is 186 g/mol. The molecule has 0 saturated heterocycles. The first-order valence-electron chi connectivity index (χ1n) is 5.31. The van der Waals surface area contributed by atoms with Gasteiger partial charge in [0, 0.05) is 11.7 Å². The third kappa shape index (κ3) is 3.66. The minimum atomic E-state index is 0.468. The first-order valence-corrected chi connectivity index (χ1v) is 5.31. The first kappa shape index (κ1) is 11.6. The fraction of sp³-hybridized carbons (Fsp3) is 0.385. The molecule has 82 valence electrons. The van der Waals surface area contributed by atoms with E-state index in [1.165, 1.54) is 0 Å². The van der Waals surface area contributed by atoms with E-state index in [2.05, 4.69) is 18.8 Å². The van der Waals surface area contributed by atoms with Crippen molar-refractivity contribution in [3.8, 4) is 5.75 Å². The van der Waals surface area contributed by atoms with Crippen molar-refractivity contribution in [1.29, 1.82) is 0 Å². The maximum Gasteiger partial charge on any atom is 0.119 e. The number of ether oxygens (including phenoxy) is 1. The van der Waals surface area contributed by atoms with Crippen molar-refractivity contribution in [2.75, 3.05) is 12.4 Å². The van der Waals surface area contributed by atoms with E-state index in [-0.39, 0.29) is 0 Å². The smallest absolute Gasteiger partial charge is 0.119 e. The second-order valence-corrected chi connectivity index (χ2v) is 3.50. The maximum absolute atomic E-state index is 5.10. The Labute approximate surface area is 92.0 Å². The van der Waals surface area contributed by atoms with Crippen molar-refractivity contribution in [2.24, 2.45) is 0 Å². The standard InChI is InChI=1S/C13H19NO/c1-4-6-11(5-2)14-12-7-9-13(15-3)10-8-12/h4,7-11,14H,1,5-6H2,2-3H3. The van der Waals surface area contributed by atoms with Crippen molar-refractivity contribution in [2.45, 2.75) is 25.8 Å². The molecule has 0 aliphatic rings. The van der Waals surface area contributed by atoms with Crippen LogP contribution >= 0.6 is 0 Å². The van der Waals surface area contributed by atoms with Crippen LogP contribution in [0.4, 0.5) is 5.69 Å². The number of benzene rings is 1. The van der Waals surface area contributed by atoms with Gasteiger partial charge in [0.1, 0.15) is 5.75 Å². The van der Waals surface area contributed by atoms with Crippen molar-refractivity contribution in [3.63, 3.8) is 0 Å². The summed E-state index contributed by atoms with van der Waals surface area (Å²) in [5, 5.41) is 3.45. The molecule has 1 aromatic rings. The molecule has 1 aromatic carbocycles. The van der Waals surface area contributed by atoms with Gasteiger partial charge in [-0.05, 0) is 37.1 Å². The van der Waals surface area contributed by atoms with Crippen LogP contribution in [0.2, 0.25) is 0 Å². The van der Waals surface area contributed by atoms with E-state index >= 15 is 0 Å². The zero-order chi connectivity index (χ0) is 11.1. The Morgan fingerprint density at radius 3 is 2.53 bits per heavy atom. The van der Waals surface area contributed by atoms with E-state index in [1.807, 2.05) is 30.3 Å². The molecule has 0 aromatic heterocycles. The molecule has 1 N–H and O–H groups in total. The third-order valence-corrected chi connectivity index (χ3v) is 2.40. The molecule has 1 rings (SSSR count). The summed E-state index contributed by atoms with van der Waals surface area (Å²) in [4.78, 5) is 0. The van der Waals surface area contributed by atoms with Gasteiger partial charge in [0.2, 0.25) is 0 Å². The average Bonchev–Trinajstić information content (AvgIpc) is 2.29. The molecule has 0 aliphatic carbocycles. The largest absolute Gasteiger partial charge is 0.497 e. The minimum absolute atomic E-state index is 0.468. The molecule has 0 heterocycles. The molecule has 1 atom stereocenters. The summed E-state index contributed by atoms with van der Waals surface area (Å²) in [6.45, 7) is 5.93. The number of hydrogen-bond donors (Lipinski definition) is 1. The molecule has 0 amide bonds. The van der Waals surface area contributed by atoms with Crippen LogP contribution in [0.5, 0.6) is 5.75 Å². The van der Waals surface area contributed by atoms with Crippen molar-refractivity contribution in [1.82, 2.24) is 0 Å². The van der Waals surface area contributed by atoms with Crippen LogP contribution in [-0.2, 0) is 0 Å². The van der Waals surface area contributed by atoms with Crippen LogP contribution in [-0.4, -0.2) is 13.2 Å². The van der Waals surface area contributed by atoms with Crippen LogP contribution in [0.15, 0.2) is 36.9 Å². The third-order valence-electron chi connectivity index (χ3n) is 2.40. The van der Waals surface area contributed by atoms with Gasteiger partial charge in [-0.1, -0.05) is 13.0 Å². The number of rotatable bonds is 6. The highest BCUT2D eigenvalue weighted by Crippen LogP contribution is 2.17. The van der Waals surface area contributed by atoms with E-state index in [1.54, 1.807) is 7.11 Å².